The third-order valence-electron chi connectivity index (χ3n) is 4.81. The number of carbonyl (C=O) groups excluding carboxylic acids is 3. The molecule has 8 heteroatoms. The molecule has 2 fully saturated rings. The van der Waals surface area contributed by atoms with Crippen molar-refractivity contribution in [3.63, 3.8) is 0 Å². The van der Waals surface area contributed by atoms with Crippen LogP contribution in [0.4, 0.5) is 5.69 Å². The summed E-state index contributed by atoms with van der Waals surface area (Å²) in [5, 5.41) is 0.298. The fourth-order valence-electron chi connectivity index (χ4n) is 3.78. The Kier molecular flexibility index (Phi) is 3.79. The predicted molar refractivity (Wildman–Crippen MR) is 92.0 cm³/mol. The zero-order valence-corrected chi connectivity index (χ0v) is 15.4. The zero-order chi connectivity index (χ0) is 17.9. The Morgan fingerprint density at radius 2 is 2.16 bits per heavy atom. The lowest BCUT2D eigenvalue weighted by atomic mass is 9.77. The third-order valence-corrected chi connectivity index (χ3v) is 5.60. The van der Waals surface area contributed by atoms with Crippen molar-refractivity contribution in [2.24, 2.45) is 11.8 Å². The first-order valence-corrected chi connectivity index (χ1v) is 8.84. The molecule has 2 amide bonds. The molecule has 2 bridgehead atoms. The molecule has 25 heavy (non-hydrogen) atoms. The van der Waals surface area contributed by atoms with Crippen molar-refractivity contribution in [1.29, 1.82) is 0 Å². The average molecular weight is 427 g/mol. The smallest absolute Gasteiger partial charge is 0.302 e. The molecule has 3 aliphatic heterocycles. The Morgan fingerprint density at radius 1 is 1.40 bits per heavy atom. The van der Waals surface area contributed by atoms with Gasteiger partial charge in [-0.2, -0.15) is 0 Å². The Labute approximate surface area is 156 Å². The van der Waals surface area contributed by atoms with Gasteiger partial charge in [-0.15, -0.1) is 0 Å². The van der Waals surface area contributed by atoms with Crippen molar-refractivity contribution >= 4 is 51.0 Å². The summed E-state index contributed by atoms with van der Waals surface area (Å²) in [6.45, 7) is 1.19. The molecule has 130 valence electrons. The van der Waals surface area contributed by atoms with Crippen molar-refractivity contribution in [3.8, 4) is 0 Å². The van der Waals surface area contributed by atoms with E-state index in [-0.39, 0.29) is 12.5 Å². The average Bonchev–Trinajstić information content (AvgIpc) is 3.18. The van der Waals surface area contributed by atoms with Crippen LogP contribution in [-0.4, -0.2) is 36.1 Å². The highest BCUT2D eigenvalue weighted by molar-refractivity contribution is 9.10. The van der Waals surface area contributed by atoms with Crippen molar-refractivity contribution in [3.05, 3.63) is 39.8 Å². The van der Waals surface area contributed by atoms with E-state index in [1.807, 2.05) is 0 Å². The molecule has 0 aliphatic carbocycles. The number of esters is 1. The molecule has 0 spiro atoms. The number of hydrogen-bond donors (Lipinski definition) is 0. The van der Waals surface area contributed by atoms with Crippen LogP contribution in [-0.2, 0) is 23.9 Å². The van der Waals surface area contributed by atoms with Crippen LogP contribution in [0.3, 0.4) is 0 Å². The first kappa shape index (κ1) is 16.8. The van der Waals surface area contributed by atoms with Crippen molar-refractivity contribution < 1.29 is 23.9 Å². The molecule has 0 N–H and O–H groups in total. The van der Waals surface area contributed by atoms with Crippen LogP contribution in [0, 0.1) is 11.8 Å². The summed E-state index contributed by atoms with van der Waals surface area (Å²) in [5.74, 6) is -2.57. The second-order valence-electron chi connectivity index (χ2n) is 6.29. The maximum absolute atomic E-state index is 13.1. The van der Waals surface area contributed by atoms with Gasteiger partial charge in [0.25, 0.3) is 0 Å². The molecule has 1 aromatic carbocycles. The fraction of sp³-hybridized carbons (Fsp3) is 0.353. The van der Waals surface area contributed by atoms with Crippen LogP contribution in [0.2, 0.25) is 5.02 Å². The van der Waals surface area contributed by atoms with E-state index in [4.69, 9.17) is 21.1 Å². The summed E-state index contributed by atoms with van der Waals surface area (Å²) < 4.78 is 11.7. The highest BCUT2D eigenvalue weighted by Crippen LogP contribution is 2.53. The van der Waals surface area contributed by atoms with Gasteiger partial charge in [0.1, 0.15) is 12.2 Å². The standard InChI is InChI=1S/C17H13BrClNO5/c1-8(21)24-7-17-5-4-12(25-17)13-14(17)16(23)20(15(13)22)11-3-2-9(18)6-10(11)19/h2-6,12-14H,7H2,1H3/t12-,13-,14-,17-/m1/s1. The largest absolute Gasteiger partial charge is 0.462 e. The summed E-state index contributed by atoms with van der Waals surface area (Å²) in [6.07, 6.45) is 2.97. The molecule has 0 aromatic heterocycles. The van der Waals surface area contributed by atoms with Gasteiger partial charge < -0.3 is 9.47 Å². The molecular weight excluding hydrogens is 414 g/mol. The Morgan fingerprint density at radius 3 is 2.84 bits per heavy atom. The van der Waals surface area contributed by atoms with Gasteiger partial charge in [-0.1, -0.05) is 33.6 Å². The number of nitrogens with zero attached hydrogens (tertiary/aromatic N) is 1. The van der Waals surface area contributed by atoms with Gasteiger partial charge in [-0.3, -0.25) is 14.4 Å². The number of ether oxygens (including phenoxy) is 2. The van der Waals surface area contributed by atoms with Gasteiger partial charge in [0.2, 0.25) is 11.8 Å². The molecule has 4 rings (SSSR count). The Hall–Kier alpha value is -1.70. The molecule has 0 saturated carbocycles. The predicted octanol–water partition coefficient (Wildman–Crippen LogP) is 2.48. The summed E-state index contributed by atoms with van der Waals surface area (Å²) in [6, 6.07) is 4.97. The summed E-state index contributed by atoms with van der Waals surface area (Å²) in [5.41, 5.74) is -0.749. The van der Waals surface area contributed by atoms with E-state index >= 15 is 0 Å². The molecule has 3 heterocycles. The van der Waals surface area contributed by atoms with E-state index in [0.29, 0.717) is 10.7 Å². The SMILES string of the molecule is CC(=O)OC[C@@]12C=C[C@@H](O1)[C@H]1C(=O)N(c3ccc(Br)cc3Cl)C(=O)[C@@H]12. The van der Waals surface area contributed by atoms with Gasteiger partial charge in [0.15, 0.2) is 0 Å². The molecule has 6 nitrogen and oxygen atoms in total. The van der Waals surface area contributed by atoms with Crippen molar-refractivity contribution in [2.45, 2.75) is 18.6 Å². The van der Waals surface area contributed by atoms with E-state index < -0.39 is 35.4 Å². The van der Waals surface area contributed by atoms with Gasteiger partial charge in [-0.25, -0.2) is 4.90 Å². The molecular formula is C17H13BrClNO5. The minimum Gasteiger partial charge on any atom is -0.462 e. The summed E-state index contributed by atoms with van der Waals surface area (Å²) in [4.78, 5) is 38.3. The number of anilines is 1. The molecule has 1 aromatic rings. The highest BCUT2D eigenvalue weighted by atomic mass is 79.9. The minimum absolute atomic E-state index is 0.0998. The van der Waals surface area contributed by atoms with Crippen LogP contribution < -0.4 is 4.90 Å². The maximum Gasteiger partial charge on any atom is 0.302 e. The fourth-order valence-corrected chi connectivity index (χ4v) is 4.54. The third kappa shape index (κ3) is 2.37. The topological polar surface area (TPSA) is 72.9 Å². The normalized spacial score (nSPS) is 32.4. The lowest BCUT2D eigenvalue weighted by molar-refractivity contribution is -0.150. The number of hydrogen-bond acceptors (Lipinski definition) is 5. The number of rotatable bonds is 3. The number of carbonyl (C=O) groups is 3. The van der Waals surface area contributed by atoms with Gasteiger partial charge in [-0.05, 0) is 24.3 Å². The summed E-state index contributed by atoms with van der Waals surface area (Å²) in [7, 11) is 0. The highest BCUT2D eigenvalue weighted by Gasteiger charge is 2.68. The van der Waals surface area contributed by atoms with Crippen LogP contribution in [0.15, 0.2) is 34.8 Å². The quantitative estimate of drug-likeness (QED) is 0.422. The van der Waals surface area contributed by atoms with E-state index in [0.717, 1.165) is 9.37 Å². The van der Waals surface area contributed by atoms with E-state index in [9.17, 15) is 14.4 Å². The zero-order valence-electron chi connectivity index (χ0n) is 13.1. The molecule has 2 saturated heterocycles. The molecule has 0 radical (unpaired) electrons. The summed E-state index contributed by atoms with van der Waals surface area (Å²) >= 11 is 9.53. The van der Waals surface area contributed by atoms with Crippen molar-refractivity contribution in [1.82, 2.24) is 0 Å². The number of imide groups is 1. The first-order valence-electron chi connectivity index (χ1n) is 7.67. The lowest BCUT2D eigenvalue weighted by Crippen LogP contribution is -2.44. The van der Waals surface area contributed by atoms with Crippen molar-refractivity contribution in [2.75, 3.05) is 11.5 Å². The van der Waals surface area contributed by atoms with Gasteiger partial charge in [0.05, 0.1) is 28.6 Å². The van der Waals surface area contributed by atoms with Crippen LogP contribution >= 0.6 is 27.5 Å². The minimum atomic E-state index is -1.09. The molecule has 0 unspecified atom stereocenters. The number of benzene rings is 1. The van der Waals surface area contributed by atoms with Crippen LogP contribution in [0.5, 0.6) is 0 Å². The first-order chi connectivity index (χ1) is 11.8. The van der Waals surface area contributed by atoms with Crippen LogP contribution in [0.25, 0.3) is 0 Å². The maximum atomic E-state index is 13.1. The lowest BCUT2D eigenvalue weighted by Gasteiger charge is -2.28. The second kappa shape index (κ2) is 5.65. The van der Waals surface area contributed by atoms with Gasteiger partial charge >= 0.3 is 5.97 Å². The van der Waals surface area contributed by atoms with E-state index in [2.05, 4.69) is 15.9 Å². The number of halogens is 2. The van der Waals surface area contributed by atoms with E-state index in [1.165, 1.54) is 6.92 Å². The Balaban J connectivity index is 1.72. The van der Waals surface area contributed by atoms with Crippen LogP contribution in [0.1, 0.15) is 6.92 Å². The number of fused-ring (bicyclic) bond motifs is 5. The Bertz CT molecular complexity index is 840. The molecule has 3 aliphatic rings. The van der Waals surface area contributed by atoms with Gasteiger partial charge in [0, 0.05) is 11.4 Å². The number of amides is 2. The second-order valence-corrected chi connectivity index (χ2v) is 7.61. The molecule has 4 atom stereocenters. The monoisotopic (exact) mass is 425 g/mol. The van der Waals surface area contributed by atoms with E-state index in [1.54, 1.807) is 30.4 Å².